The zero-order valence-electron chi connectivity index (χ0n) is 12.3. The van der Waals surface area contributed by atoms with E-state index in [1.807, 2.05) is 18.2 Å². The van der Waals surface area contributed by atoms with Crippen molar-refractivity contribution >= 4 is 22.6 Å². The van der Waals surface area contributed by atoms with E-state index in [9.17, 15) is 0 Å². The summed E-state index contributed by atoms with van der Waals surface area (Å²) in [6.45, 7) is 0. The lowest BCUT2D eigenvalue weighted by atomic mass is 9.92. The fraction of sp³-hybridized carbons (Fsp3) is 0.529. The fourth-order valence-electron chi connectivity index (χ4n) is 3.41. The standard InChI is InChI=1S/C17H23ClN2O/c18-14-7-8-16-13(10-14)11-17(21-16)15(20-19)9-12-5-3-1-2-4-6-12/h7-8,10-12,15,20H,1-6,9,19H2. The first-order valence-electron chi connectivity index (χ1n) is 7.91. The molecule has 3 N–H and O–H groups in total. The highest BCUT2D eigenvalue weighted by atomic mass is 35.5. The number of hydrazine groups is 1. The summed E-state index contributed by atoms with van der Waals surface area (Å²) in [7, 11) is 0. The number of halogens is 1. The molecular formula is C17H23ClN2O. The highest BCUT2D eigenvalue weighted by Gasteiger charge is 2.21. The zero-order valence-corrected chi connectivity index (χ0v) is 13.0. The van der Waals surface area contributed by atoms with Crippen LogP contribution < -0.4 is 11.3 Å². The highest BCUT2D eigenvalue weighted by Crippen LogP contribution is 2.33. The number of hydrogen-bond acceptors (Lipinski definition) is 3. The molecule has 3 rings (SSSR count). The van der Waals surface area contributed by atoms with Crippen LogP contribution in [-0.2, 0) is 0 Å². The predicted molar refractivity (Wildman–Crippen MR) is 87.1 cm³/mol. The summed E-state index contributed by atoms with van der Waals surface area (Å²) in [5.41, 5.74) is 3.81. The van der Waals surface area contributed by atoms with Gasteiger partial charge in [0.15, 0.2) is 0 Å². The first-order valence-corrected chi connectivity index (χ1v) is 8.29. The Morgan fingerprint density at radius 3 is 2.67 bits per heavy atom. The minimum absolute atomic E-state index is 0.0827. The largest absolute Gasteiger partial charge is 0.459 e. The van der Waals surface area contributed by atoms with Crippen LogP contribution in [0.3, 0.4) is 0 Å². The van der Waals surface area contributed by atoms with Gasteiger partial charge in [-0.15, -0.1) is 0 Å². The molecule has 0 saturated heterocycles. The van der Waals surface area contributed by atoms with E-state index in [1.165, 1.54) is 38.5 Å². The van der Waals surface area contributed by atoms with E-state index in [0.29, 0.717) is 0 Å². The molecule has 0 amide bonds. The number of hydrogen-bond donors (Lipinski definition) is 2. The van der Waals surface area contributed by atoms with Crippen LogP contribution in [0, 0.1) is 5.92 Å². The van der Waals surface area contributed by atoms with Gasteiger partial charge in [-0.2, -0.15) is 0 Å². The average molecular weight is 307 g/mol. The van der Waals surface area contributed by atoms with Crippen molar-refractivity contribution in [1.29, 1.82) is 0 Å². The molecule has 1 saturated carbocycles. The van der Waals surface area contributed by atoms with Gasteiger partial charge in [0, 0.05) is 10.4 Å². The number of benzene rings is 1. The third kappa shape index (κ3) is 3.60. The molecule has 1 aromatic carbocycles. The molecule has 1 aliphatic rings. The lowest BCUT2D eigenvalue weighted by Crippen LogP contribution is -2.29. The summed E-state index contributed by atoms with van der Waals surface area (Å²) >= 11 is 6.03. The summed E-state index contributed by atoms with van der Waals surface area (Å²) in [5.74, 6) is 7.43. The van der Waals surface area contributed by atoms with Gasteiger partial charge in [-0.25, -0.2) is 5.43 Å². The van der Waals surface area contributed by atoms with Crippen LogP contribution in [0.5, 0.6) is 0 Å². The van der Waals surface area contributed by atoms with Crippen molar-refractivity contribution in [2.45, 2.75) is 51.0 Å². The summed E-state index contributed by atoms with van der Waals surface area (Å²) in [6.07, 6.45) is 9.11. The molecule has 1 aromatic heterocycles. The van der Waals surface area contributed by atoms with Crippen LogP contribution in [0.1, 0.15) is 56.7 Å². The first kappa shape index (κ1) is 14.9. The van der Waals surface area contributed by atoms with Crippen LogP contribution in [0.15, 0.2) is 28.7 Å². The Hall–Kier alpha value is -1.03. The molecule has 1 atom stereocenters. The highest BCUT2D eigenvalue weighted by molar-refractivity contribution is 6.31. The van der Waals surface area contributed by atoms with Gasteiger partial charge in [-0.05, 0) is 36.6 Å². The monoisotopic (exact) mass is 306 g/mol. The Kier molecular flexibility index (Phi) is 4.84. The van der Waals surface area contributed by atoms with Gasteiger partial charge in [0.05, 0.1) is 6.04 Å². The minimum atomic E-state index is 0.0827. The SMILES string of the molecule is NNC(CC1CCCCCC1)c1cc2cc(Cl)ccc2o1. The smallest absolute Gasteiger partial charge is 0.134 e. The van der Waals surface area contributed by atoms with Gasteiger partial charge < -0.3 is 4.42 Å². The van der Waals surface area contributed by atoms with E-state index >= 15 is 0 Å². The number of fused-ring (bicyclic) bond motifs is 1. The van der Waals surface area contributed by atoms with E-state index in [-0.39, 0.29) is 6.04 Å². The van der Waals surface area contributed by atoms with Gasteiger partial charge in [-0.3, -0.25) is 5.84 Å². The molecule has 1 aliphatic carbocycles. The molecule has 0 bridgehead atoms. The molecule has 0 radical (unpaired) electrons. The van der Waals surface area contributed by atoms with Gasteiger partial charge in [0.25, 0.3) is 0 Å². The predicted octanol–water partition coefficient (Wildman–Crippen LogP) is 4.95. The van der Waals surface area contributed by atoms with Crippen LogP contribution in [0.25, 0.3) is 11.0 Å². The van der Waals surface area contributed by atoms with Gasteiger partial charge >= 0.3 is 0 Å². The second-order valence-corrected chi connectivity index (χ2v) is 6.58. The second kappa shape index (κ2) is 6.82. The molecule has 21 heavy (non-hydrogen) atoms. The Morgan fingerprint density at radius 1 is 1.19 bits per heavy atom. The Labute approximate surface area is 130 Å². The molecule has 1 fully saturated rings. The molecule has 2 aromatic rings. The van der Waals surface area contributed by atoms with Crippen molar-refractivity contribution in [3.63, 3.8) is 0 Å². The molecule has 114 valence electrons. The molecular weight excluding hydrogens is 284 g/mol. The van der Waals surface area contributed by atoms with Crippen molar-refractivity contribution in [1.82, 2.24) is 5.43 Å². The van der Waals surface area contributed by atoms with E-state index < -0.39 is 0 Å². The van der Waals surface area contributed by atoms with E-state index in [4.69, 9.17) is 21.9 Å². The maximum absolute atomic E-state index is 6.03. The van der Waals surface area contributed by atoms with Crippen molar-refractivity contribution in [3.05, 3.63) is 35.0 Å². The lowest BCUT2D eigenvalue weighted by molar-refractivity contribution is 0.327. The summed E-state index contributed by atoms with van der Waals surface area (Å²) in [5, 5.41) is 1.77. The third-order valence-electron chi connectivity index (χ3n) is 4.59. The summed E-state index contributed by atoms with van der Waals surface area (Å²) in [4.78, 5) is 0. The molecule has 1 unspecified atom stereocenters. The van der Waals surface area contributed by atoms with Crippen molar-refractivity contribution in [2.75, 3.05) is 0 Å². The number of rotatable bonds is 4. The van der Waals surface area contributed by atoms with Crippen LogP contribution >= 0.6 is 11.6 Å². The normalized spacial score (nSPS) is 18.8. The number of furan rings is 1. The third-order valence-corrected chi connectivity index (χ3v) is 4.82. The lowest BCUT2D eigenvalue weighted by Gasteiger charge is -2.20. The van der Waals surface area contributed by atoms with E-state index in [1.54, 1.807) is 0 Å². The average Bonchev–Trinajstić information content (AvgIpc) is 2.72. The maximum Gasteiger partial charge on any atom is 0.134 e. The molecule has 1 heterocycles. The molecule has 4 heteroatoms. The maximum atomic E-state index is 6.03. The quantitative estimate of drug-likeness (QED) is 0.477. The fourth-order valence-corrected chi connectivity index (χ4v) is 3.59. The molecule has 0 aliphatic heterocycles. The molecule has 0 spiro atoms. The Morgan fingerprint density at radius 2 is 1.95 bits per heavy atom. The van der Waals surface area contributed by atoms with Gasteiger partial charge in [0.2, 0.25) is 0 Å². The summed E-state index contributed by atoms with van der Waals surface area (Å²) < 4.78 is 5.95. The first-order chi connectivity index (χ1) is 10.3. The Balaban J connectivity index is 1.77. The van der Waals surface area contributed by atoms with E-state index in [2.05, 4.69) is 11.5 Å². The van der Waals surface area contributed by atoms with E-state index in [0.717, 1.165) is 34.1 Å². The van der Waals surface area contributed by atoms with Crippen molar-refractivity contribution < 1.29 is 4.42 Å². The van der Waals surface area contributed by atoms with Crippen LogP contribution in [-0.4, -0.2) is 0 Å². The summed E-state index contributed by atoms with van der Waals surface area (Å²) in [6, 6.07) is 7.85. The van der Waals surface area contributed by atoms with Crippen LogP contribution in [0.4, 0.5) is 0 Å². The zero-order chi connectivity index (χ0) is 14.7. The molecule has 3 nitrogen and oxygen atoms in total. The number of nitrogens with one attached hydrogen (secondary N) is 1. The van der Waals surface area contributed by atoms with Gasteiger partial charge in [-0.1, -0.05) is 50.1 Å². The minimum Gasteiger partial charge on any atom is -0.459 e. The second-order valence-electron chi connectivity index (χ2n) is 6.14. The van der Waals surface area contributed by atoms with Crippen LogP contribution in [0.2, 0.25) is 5.02 Å². The number of nitrogens with two attached hydrogens (primary N) is 1. The van der Waals surface area contributed by atoms with Crippen molar-refractivity contribution in [3.8, 4) is 0 Å². The van der Waals surface area contributed by atoms with Crippen molar-refractivity contribution in [2.24, 2.45) is 11.8 Å². The topological polar surface area (TPSA) is 51.2 Å². The Bertz CT molecular complexity index is 587. The van der Waals surface area contributed by atoms with Gasteiger partial charge in [0.1, 0.15) is 11.3 Å².